The van der Waals surface area contributed by atoms with Crippen molar-refractivity contribution in [1.82, 2.24) is 10.2 Å². The second kappa shape index (κ2) is 9.12. The molecule has 1 saturated heterocycles. The molecule has 1 unspecified atom stereocenters. The molecule has 2 N–H and O–H groups in total. The molecule has 2 amide bonds. The number of amides is 2. The van der Waals surface area contributed by atoms with Crippen LogP contribution in [0.2, 0.25) is 0 Å². The van der Waals surface area contributed by atoms with Gasteiger partial charge in [0.25, 0.3) is 0 Å². The first-order chi connectivity index (χ1) is 16.3. The Labute approximate surface area is 200 Å². The molecule has 7 nitrogen and oxygen atoms in total. The molecule has 1 aliphatic carbocycles. The first-order valence-electron chi connectivity index (χ1n) is 12.0. The Bertz CT molecular complexity index is 1060. The predicted octanol–water partition coefficient (Wildman–Crippen LogP) is 4.55. The van der Waals surface area contributed by atoms with Gasteiger partial charge >= 0.3 is 12.1 Å². The van der Waals surface area contributed by atoms with Crippen LogP contribution in [0.15, 0.2) is 48.5 Å². The van der Waals surface area contributed by atoms with Gasteiger partial charge in [0.2, 0.25) is 5.91 Å². The molecule has 2 aliphatic rings. The highest BCUT2D eigenvalue weighted by Gasteiger charge is 2.51. The fourth-order valence-electron chi connectivity index (χ4n) is 5.38. The number of ether oxygens (including phenoxy) is 1. The van der Waals surface area contributed by atoms with Gasteiger partial charge in [-0.1, -0.05) is 62.4 Å². The summed E-state index contributed by atoms with van der Waals surface area (Å²) >= 11 is 0. The number of carbonyl (C=O) groups excluding carboxylic acids is 2. The first kappa shape index (κ1) is 23.8. The Morgan fingerprint density at radius 3 is 2.15 bits per heavy atom. The summed E-state index contributed by atoms with van der Waals surface area (Å²) in [5, 5.41) is 12.6. The fraction of sp³-hybridized carbons (Fsp3) is 0.444. The quantitative estimate of drug-likeness (QED) is 0.627. The Balaban J connectivity index is 1.50. The second-order valence-electron chi connectivity index (χ2n) is 9.38. The van der Waals surface area contributed by atoms with E-state index in [0.717, 1.165) is 22.3 Å². The van der Waals surface area contributed by atoms with Crippen LogP contribution < -0.4 is 5.32 Å². The summed E-state index contributed by atoms with van der Waals surface area (Å²) in [6.45, 7) is 5.71. The average molecular weight is 465 g/mol. The number of alkyl carbamates (subject to hydrolysis) is 1. The van der Waals surface area contributed by atoms with Crippen LogP contribution in [0.5, 0.6) is 0 Å². The van der Waals surface area contributed by atoms with E-state index in [1.54, 1.807) is 6.92 Å². The number of nitrogens with one attached hydrogen (secondary N) is 1. The van der Waals surface area contributed by atoms with E-state index in [1.807, 2.05) is 50.2 Å². The normalized spacial score (nSPS) is 19.4. The Kier molecular flexibility index (Phi) is 6.39. The van der Waals surface area contributed by atoms with Crippen molar-refractivity contribution in [2.75, 3.05) is 13.2 Å². The van der Waals surface area contributed by atoms with Gasteiger partial charge in [-0.05, 0) is 54.9 Å². The maximum Gasteiger partial charge on any atom is 0.408 e. The molecule has 7 heteroatoms. The molecule has 0 aromatic heterocycles. The lowest BCUT2D eigenvalue weighted by Crippen LogP contribution is -2.63. The topological polar surface area (TPSA) is 95.9 Å². The molecular weight excluding hydrogens is 432 g/mol. The van der Waals surface area contributed by atoms with E-state index in [1.165, 1.54) is 4.90 Å². The number of carboxylic acids is 1. The van der Waals surface area contributed by atoms with E-state index in [9.17, 15) is 19.5 Å². The van der Waals surface area contributed by atoms with Crippen molar-refractivity contribution in [2.24, 2.45) is 0 Å². The van der Waals surface area contributed by atoms with Crippen LogP contribution in [0.1, 0.15) is 63.5 Å². The molecule has 4 rings (SSSR count). The number of fused-ring (bicyclic) bond motifs is 3. The maximum absolute atomic E-state index is 13.6. The van der Waals surface area contributed by atoms with Gasteiger partial charge in [0.05, 0.1) is 0 Å². The third-order valence-corrected chi connectivity index (χ3v) is 7.65. The van der Waals surface area contributed by atoms with E-state index in [-0.39, 0.29) is 18.4 Å². The zero-order chi connectivity index (χ0) is 24.5. The van der Waals surface area contributed by atoms with E-state index < -0.39 is 23.1 Å². The van der Waals surface area contributed by atoms with E-state index >= 15 is 0 Å². The van der Waals surface area contributed by atoms with Crippen LogP contribution >= 0.6 is 0 Å². The van der Waals surface area contributed by atoms with Crippen LogP contribution in [-0.2, 0) is 14.3 Å². The average Bonchev–Trinajstić information content (AvgIpc) is 3.40. The highest BCUT2D eigenvalue weighted by molar-refractivity contribution is 5.94. The number of aliphatic carboxylic acids is 1. The van der Waals surface area contributed by atoms with Crippen LogP contribution in [0.25, 0.3) is 11.1 Å². The summed E-state index contributed by atoms with van der Waals surface area (Å²) in [7, 11) is 0. The molecule has 0 radical (unpaired) electrons. The highest BCUT2D eigenvalue weighted by atomic mass is 16.5. The summed E-state index contributed by atoms with van der Waals surface area (Å²) in [6, 6.07) is 16.2. The smallest absolute Gasteiger partial charge is 0.408 e. The van der Waals surface area contributed by atoms with Gasteiger partial charge in [0.1, 0.15) is 17.7 Å². The lowest BCUT2D eigenvalue weighted by Gasteiger charge is -2.40. The Hall–Kier alpha value is -3.35. The molecule has 34 heavy (non-hydrogen) atoms. The molecule has 2 aromatic rings. The number of rotatable bonds is 7. The van der Waals surface area contributed by atoms with Crippen LogP contribution in [0.4, 0.5) is 4.79 Å². The summed E-state index contributed by atoms with van der Waals surface area (Å²) in [4.78, 5) is 39.8. The predicted molar refractivity (Wildman–Crippen MR) is 129 cm³/mol. The van der Waals surface area contributed by atoms with Crippen LogP contribution in [0, 0.1) is 0 Å². The van der Waals surface area contributed by atoms with Crippen molar-refractivity contribution >= 4 is 18.0 Å². The maximum atomic E-state index is 13.6. The SMILES string of the molecule is CCC(CC)(NC(=O)OCC1c2ccccc2-c2ccccc21)C(=O)N1CCCC1(C)C(=O)O. The molecule has 1 aliphatic heterocycles. The molecule has 1 fully saturated rings. The van der Waals surface area contributed by atoms with Crippen molar-refractivity contribution in [2.45, 2.75) is 63.5 Å². The fourth-order valence-corrected chi connectivity index (χ4v) is 5.38. The number of hydrogen-bond acceptors (Lipinski definition) is 4. The van der Waals surface area contributed by atoms with Gasteiger partial charge in [-0.25, -0.2) is 9.59 Å². The summed E-state index contributed by atoms with van der Waals surface area (Å²) in [6.07, 6.45) is 0.998. The molecule has 1 heterocycles. The third kappa shape index (κ3) is 3.83. The van der Waals surface area contributed by atoms with Crippen LogP contribution in [0.3, 0.4) is 0 Å². The monoisotopic (exact) mass is 464 g/mol. The van der Waals surface area contributed by atoms with Gasteiger partial charge in [-0.2, -0.15) is 0 Å². The largest absolute Gasteiger partial charge is 0.480 e. The Morgan fingerprint density at radius 1 is 1.06 bits per heavy atom. The zero-order valence-corrected chi connectivity index (χ0v) is 20.0. The summed E-state index contributed by atoms with van der Waals surface area (Å²) in [5.74, 6) is -1.48. The third-order valence-electron chi connectivity index (χ3n) is 7.65. The number of likely N-dealkylation sites (tertiary alicyclic amines) is 1. The number of nitrogens with zero attached hydrogens (tertiary/aromatic N) is 1. The molecule has 0 saturated carbocycles. The Morgan fingerprint density at radius 2 is 1.62 bits per heavy atom. The summed E-state index contributed by atoms with van der Waals surface area (Å²) < 4.78 is 5.67. The van der Waals surface area contributed by atoms with Crippen molar-refractivity contribution < 1.29 is 24.2 Å². The number of benzene rings is 2. The highest BCUT2D eigenvalue weighted by Crippen LogP contribution is 2.44. The molecule has 180 valence electrons. The molecular formula is C27H32N2O5. The number of carboxylic acid groups (broad SMARTS) is 1. The van der Waals surface area contributed by atoms with Gasteiger partial charge in [-0.15, -0.1) is 0 Å². The molecule has 0 spiro atoms. The lowest BCUT2D eigenvalue weighted by atomic mass is 9.88. The number of hydrogen-bond donors (Lipinski definition) is 2. The van der Waals surface area contributed by atoms with Crippen molar-refractivity contribution in [3.63, 3.8) is 0 Å². The number of carbonyl (C=O) groups is 3. The van der Waals surface area contributed by atoms with Gasteiger partial charge in [-0.3, -0.25) is 4.79 Å². The minimum Gasteiger partial charge on any atom is -0.480 e. The minimum absolute atomic E-state index is 0.0830. The first-order valence-corrected chi connectivity index (χ1v) is 12.0. The summed E-state index contributed by atoms with van der Waals surface area (Å²) in [5.41, 5.74) is 2.01. The molecule has 0 bridgehead atoms. The second-order valence-corrected chi connectivity index (χ2v) is 9.38. The lowest BCUT2D eigenvalue weighted by molar-refractivity contribution is -0.158. The zero-order valence-electron chi connectivity index (χ0n) is 20.0. The van der Waals surface area contributed by atoms with Gasteiger partial charge in [0.15, 0.2) is 0 Å². The van der Waals surface area contributed by atoms with E-state index in [2.05, 4.69) is 17.4 Å². The van der Waals surface area contributed by atoms with E-state index in [0.29, 0.717) is 32.2 Å². The molecule has 2 aromatic carbocycles. The molecule has 1 atom stereocenters. The van der Waals surface area contributed by atoms with Gasteiger partial charge in [0, 0.05) is 12.5 Å². The minimum atomic E-state index is -1.27. The van der Waals surface area contributed by atoms with Gasteiger partial charge < -0.3 is 20.1 Å². The van der Waals surface area contributed by atoms with Crippen molar-refractivity contribution in [3.8, 4) is 11.1 Å². The van der Waals surface area contributed by atoms with Crippen LogP contribution in [-0.4, -0.2) is 52.2 Å². The standard InChI is InChI=1S/C27H32N2O5/c1-4-27(5-2,23(30)29-16-10-15-26(29,3)24(31)32)28-25(33)34-17-22-20-13-8-6-11-18(20)19-12-7-9-14-21(19)22/h6-9,11-14,22H,4-5,10,15-17H2,1-3H3,(H,28,33)(H,31,32). The van der Waals surface area contributed by atoms with Crippen molar-refractivity contribution in [3.05, 3.63) is 59.7 Å². The van der Waals surface area contributed by atoms with E-state index in [4.69, 9.17) is 4.74 Å². The van der Waals surface area contributed by atoms with Crippen molar-refractivity contribution in [1.29, 1.82) is 0 Å².